The van der Waals surface area contributed by atoms with Crippen LogP contribution >= 0.6 is 23.2 Å². The minimum absolute atomic E-state index is 0.158. The Bertz CT molecular complexity index is 941. The summed E-state index contributed by atoms with van der Waals surface area (Å²) in [4.78, 5) is 11.4. The Labute approximate surface area is 145 Å². The molecule has 0 spiro atoms. The van der Waals surface area contributed by atoms with Crippen molar-refractivity contribution in [1.82, 2.24) is 9.78 Å². The molecule has 0 atom stereocenters. The number of hydrogen-bond donors (Lipinski definition) is 1. The number of fused-ring (bicyclic) bond motifs is 1. The van der Waals surface area contributed by atoms with Crippen molar-refractivity contribution in [2.24, 2.45) is 0 Å². The molecular formula is C16H10Cl2F2N2O2. The molecule has 4 nitrogen and oxygen atoms in total. The normalized spacial score (nSPS) is 11.4. The second kappa shape index (κ2) is 6.37. The number of carbonyl (C=O) groups is 1. The SMILES string of the molecule is O=C(O)c1nn(Cc2ccc(Cl)cc2Cl)c2ccc(C(F)F)cc12. The highest BCUT2D eigenvalue weighted by Crippen LogP contribution is 2.28. The fourth-order valence-corrected chi connectivity index (χ4v) is 2.89. The van der Waals surface area contributed by atoms with Gasteiger partial charge in [-0.15, -0.1) is 0 Å². The molecule has 0 aliphatic heterocycles. The molecule has 0 saturated carbocycles. The number of aromatic carboxylic acids is 1. The number of carboxylic acids is 1. The largest absolute Gasteiger partial charge is 0.476 e. The van der Waals surface area contributed by atoms with Gasteiger partial charge in [0.05, 0.1) is 12.1 Å². The molecule has 8 heteroatoms. The molecule has 3 aromatic rings. The average molecular weight is 371 g/mol. The van der Waals surface area contributed by atoms with Gasteiger partial charge in [0.25, 0.3) is 6.43 Å². The molecular weight excluding hydrogens is 361 g/mol. The van der Waals surface area contributed by atoms with Gasteiger partial charge >= 0.3 is 5.97 Å². The molecule has 24 heavy (non-hydrogen) atoms. The van der Waals surface area contributed by atoms with Gasteiger partial charge in [-0.05, 0) is 29.8 Å². The molecule has 0 bridgehead atoms. The predicted octanol–water partition coefficient (Wildman–Crippen LogP) is 5.03. The Hall–Kier alpha value is -2.18. The molecule has 0 saturated heterocycles. The lowest BCUT2D eigenvalue weighted by atomic mass is 10.1. The van der Waals surface area contributed by atoms with E-state index in [9.17, 15) is 18.7 Å². The Kier molecular flexibility index (Phi) is 4.43. The van der Waals surface area contributed by atoms with Crippen LogP contribution in [0.15, 0.2) is 36.4 Å². The average Bonchev–Trinajstić information content (AvgIpc) is 2.88. The van der Waals surface area contributed by atoms with E-state index in [-0.39, 0.29) is 23.2 Å². The van der Waals surface area contributed by atoms with Gasteiger partial charge in [-0.2, -0.15) is 5.10 Å². The molecule has 124 valence electrons. The lowest BCUT2D eigenvalue weighted by molar-refractivity contribution is 0.0691. The Balaban J connectivity index is 2.12. The number of hydrogen-bond acceptors (Lipinski definition) is 2. The number of carboxylic acid groups (broad SMARTS) is 1. The van der Waals surface area contributed by atoms with E-state index in [1.165, 1.54) is 16.8 Å². The Morgan fingerprint density at radius 3 is 2.58 bits per heavy atom. The summed E-state index contributed by atoms with van der Waals surface area (Å²) < 4.78 is 27.2. The van der Waals surface area contributed by atoms with Gasteiger partial charge < -0.3 is 5.11 Å². The fraction of sp³-hybridized carbons (Fsp3) is 0.125. The van der Waals surface area contributed by atoms with E-state index in [0.29, 0.717) is 21.1 Å². The van der Waals surface area contributed by atoms with Gasteiger partial charge in [0, 0.05) is 21.0 Å². The third-order valence-electron chi connectivity index (χ3n) is 3.56. The van der Waals surface area contributed by atoms with Crippen LogP contribution in [0.1, 0.15) is 28.0 Å². The maximum absolute atomic E-state index is 12.9. The van der Waals surface area contributed by atoms with Crippen molar-refractivity contribution >= 4 is 40.1 Å². The van der Waals surface area contributed by atoms with E-state index < -0.39 is 12.4 Å². The Morgan fingerprint density at radius 2 is 1.96 bits per heavy atom. The van der Waals surface area contributed by atoms with Crippen molar-refractivity contribution in [2.45, 2.75) is 13.0 Å². The highest BCUT2D eigenvalue weighted by Gasteiger charge is 2.19. The van der Waals surface area contributed by atoms with Crippen molar-refractivity contribution in [2.75, 3.05) is 0 Å². The highest BCUT2D eigenvalue weighted by atomic mass is 35.5. The van der Waals surface area contributed by atoms with Gasteiger partial charge in [-0.3, -0.25) is 4.68 Å². The zero-order valence-corrected chi connectivity index (χ0v) is 13.5. The summed E-state index contributed by atoms with van der Waals surface area (Å²) in [6.07, 6.45) is -2.69. The maximum atomic E-state index is 12.9. The first-order valence-corrected chi connectivity index (χ1v) is 7.58. The molecule has 0 aliphatic carbocycles. The van der Waals surface area contributed by atoms with Crippen molar-refractivity contribution in [3.05, 3.63) is 63.3 Å². The van der Waals surface area contributed by atoms with Crippen LogP contribution in [0.5, 0.6) is 0 Å². The molecule has 0 fully saturated rings. The first-order chi connectivity index (χ1) is 11.4. The number of halogens is 4. The summed E-state index contributed by atoms with van der Waals surface area (Å²) in [6, 6.07) is 8.75. The lowest BCUT2D eigenvalue weighted by Crippen LogP contribution is -2.05. The fourth-order valence-electron chi connectivity index (χ4n) is 2.42. The summed E-state index contributed by atoms with van der Waals surface area (Å²) in [5.74, 6) is -1.28. The zero-order valence-electron chi connectivity index (χ0n) is 12.0. The lowest BCUT2D eigenvalue weighted by Gasteiger charge is -2.07. The summed E-state index contributed by atoms with van der Waals surface area (Å²) in [7, 11) is 0. The number of nitrogens with zero attached hydrogens (tertiary/aromatic N) is 2. The number of rotatable bonds is 4. The van der Waals surface area contributed by atoms with Crippen molar-refractivity contribution in [3.63, 3.8) is 0 Å². The third kappa shape index (κ3) is 3.07. The summed E-state index contributed by atoms with van der Waals surface area (Å²) in [5.41, 5.74) is 0.579. The Morgan fingerprint density at radius 1 is 1.21 bits per heavy atom. The quantitative estimate of drug-likeness (QED) is 0.700. The van der Waals surface area contributed by atoms with Gasteiger partial charge in [0.1, 0.15) is 0 Å². The molecule has 1 N–H and O–H groups in total. The van der Waals surface area contributed by atoms with Crippen molar-refractivity contribution in [3.8, 4) is 0 Å². The number of aromatic nitrogens is 2. The van der Waals surface area contributed by atoms with Crippen LogP contribution < -0.4 is 0 Å². The summed E-state index contributed by atoms with van der Waals surface area (Å²) >= 11 is 12.0. The van der Waals surface area contributed by atoms with Crippen LogP contribution in [-0.2, 0) is 6.54 Å². The summed E-state index contributed by atoms with van der Waals surface area (Å²) in [6.45, 7) is 0.188. The third-order valence-corrected chi connectivity index (χ3v) is 4.15. The van der Waals surface area contributed by atoms with E-state index in [2.05, 4.69) is 5.10 Å². The predicted molar refractivity (Wildman–Crippen MR) is 87.2 cm³/mol. The summed E-state index contributed by atoms with van der Waals surface area (Å²) in [5, 5.41) is 14.3. The molecule has 2 aromatic carbocycles. The molecule has 0 unspecified atom stereocenters. The van der Waals surface area contributed by atoms with Crippen LogP contribution in [0.25, 0.3) is 10.9 Å². The molecule has 1 heterocycles. The van der Waals surface area contributed by atoms with E-state index >= 15 is 0 Å². The molecule has 1 aromatic heterocycles. The van der Waals surface area contributed by atoms with Crippen LogP contribution in [-0.4, -0.2) is 20.9 Å². The van der Waals surface area contributed by atoms with Crippen LogP contribution in [0.3, 0.4) is 0 Å². The zero-order chi connectivity index (χ0) is 17.4. The van der Waals surface area contributed by atoms with Crippen LogP contribution in [0.2, 0.25) is 10.0 Å². The first-order valence-electron chi connectivity index (χ1n) is 6.82. The molecule has 0 aliphatic rings. The van der Waals surface area contributed by atoms with Crippen LogP contribution in [0, 0.1) is 0 Å². The topological polar surface area (TPSA) is 55.1 Å². The molecule has 0 radical (unpaired) electrons. The second-order valence-corrected chi connectivity index (χ2v) is 5.97. The minimum Gasteiger partial charge on any atom is -0.476 e. The van der Waals surface area contributed by atoms with Crippen molar-refractivity contribution < 1.29 is 18.7 Å². The van der Waals surface area contributed by atoms with Crippen molar-refractivity contribution in [1.29, 1.82) is 0 Å². The van der Waals surface area contributed by atoms with E-state index in [4.69, 9.17) is 23.2 Å². The maximum Gasteiger partial charge on any atom is 0.357 e. The number of benzene rings is 2. The van der Waals surface area contributed by atoms with Gasteiger partial charge in [-0.25, -0.2) is 13.6 Å². The van der Waals surface area contributed by atoms with Crippen LogP contribution in [0.4, 0.5) is 8.78 Å². The minimum atomic E-state index is -2.69. The van der Waals surface area contributed by atoms with Gasteiger partial charge in [0.2, 0.25) is 0 Å². The second-order valence-electron chi connectivity index (χ2n) is 5.12. The van der Waals surface area contributed by atoms with E-state index in [0.717, 1.165) is 6.07 Å². The number of alkyl halides is 2. The molecule has 3 rings (SSSR count). The van der Waals surface area contributed by atoms with Gasteiger partial charge in [-0.1, -0.05) is 35.3 Å². The van der Waals surface area contributed by atoms with E-state index in [1.807, 2.05) is 0 Å². The monoisotopic (exact) mass is 370 g/mol. The first kappa shape index (κ1) is 16.7. The van der Waals surface area contributed by atoms with Gasteiger partial charge in [0.15, 0.2) is 5.69 Å². The van der Waals surface area contributed by atoms with E-state index in [1.54, 1.807) is 18.2 Å². The smallest absolute Gasteiger partial charge is 0.357 e. The molecule has 0 amide bonds. The highest BCUT2D eigenvalue weighted by molar-refractivity contribution is 6.35. The standard InChI is InChI=1S/C16H10Cl2F2N2O2/c17-10-3-1-9(12(18)6-10)7-22-13-4-2-8(15(19)20)5-11(13)14(21-22)16(23)24/h1-6,15H,7H2,(H,23,24).